The van der Waals surface area contributed by atoms with Gasteiger partial charge in [-0.3, -0.25) is 4.79 Å². The summed E-state index contributed by atoms with van der Waals surface area (Å²) >= 11 is 5.98. The molecule has 0 bridgehead atoms. The summed E-state index contributed by atoms with van der Waals surface area (Å²) in [6.45, 7) is 6.46. The van der Waals surface area contributed by atoms with Crippen LogP contribution in [0.3, 0.4) is 0 Å². The number of hydrogen-bond donors (Lipinski definition) is 1. The van der Waals surface area contributed by atoms with Gasteiger partial charge in [-0.05, 0) is 19.8 Å². The van der Waals surface area contributed by atoms with Crippen LogP contribution in [0, 0.1) is 12.3 Å². The summed E-state index contributed by atoms with van der Waals surface area (Å²) in [6.07, 6.45) is 3.14. The molecule has 0 aliphatic carbocycles. The average Bonchev–Trinajstić information content (AvgIpc) is 2.78. The minimum atomic E-state index is -0.226. The molecule has 1 heterocycles. The molecule has 1 aromatic rings. The van der Waals surface area contributed by atoms with Crippen molar-refractivity contribution in [2.24, 2.45) is 5.41 Å². The summed E-state index contributed by atoms with van der Waals surface area (Å²) in [6, 6.07) is 0. The molecule has 0 unspecified atom stereocenters. The zero-order chi connectivity index (χ0) is 12.9. The summed E-state index contributed by atoms with van der Waals surface area (Å²) in [5.41, 5.74) is 0.567. The van der Waals surface area contributed by atoms with Crippen LogP contribution in [-0.4, -0.2) is 23.3 Å². The molecule has 0 aliphatic heterocycles. The number of aryl methyl sites for hydroxylation is 1. The molecule has 17 heavy (non-hydrogen) atoms. The molecule has 1 aromatic heterocycles. The topological polar surface area (TPSA) is 55.1 Å². The largest absolute Gasteiger partial charge is 0.438 e. The van der Waals surface area contributed by atoms with Crippen molar-refractivity contribution >= 4 is 17.5 Å². The first-order valence-corrected chi connectivity index (χ1v) is 6.36. The number of carbonyl (C=O) groups is 1. The van der Waals surface area contributed by atoms with Gasteiger partial charge < -0.3 is 9.73 Å². The van der Waals surface area contributed by atoms with Crippen molar-refractivity contribution in [1.82, 2.24) is 10.3 Å². The number of amides is 1. The number of hydrogen-bond acceptors (Lipinski definition) is 3. The van der Waals surface area contributed by atoms with Crippen molar-refractivity contribution in [2.45, 2.75) is 33.6 Å². The second-order valence-electron chi connectivity index (χ2n) is 4.29. The first-order valence-electron chi connectivity index (χ1n) is 5.82. The van der Waals surface area contributed by atoms with E-state index in [1.165, 1.54) is 6.39 Å². The van der Waals surface area contributed by atoms with E-state index in [1.54, 1.807) is 6.92 Å². The van der Waals surface area contributed by atoms with Crippen LogP contribution in [0.15, 0.2) is 10.8 Å². The van der Waals surface area contributed by atoms with Gasteiger partial charge in [0.05, 0.1) is 5.69 Å². The molecule has 0 aliphatic rings. The van der Waals surface area contributed by atoms with E-state index in [9.17, 15) is 4.79 Å². The highest BCUT2D eigenvalue weighted by molar-refractivity contribution is 6.18. The molecule has 0 saturated heterocycles. The van der Waals surface area contributed by atoms with Crippen LogP contribution in [0.4, 0.5) is 0 Å². The third-order valence-electron chi connectivity index (χ3n) is 3.36. The number of carbonyl (C=O) groups excluding carboxylic acids is 1. The number of alkyl halides is 1. The lowest BCUT2D eigenvalue weighted by molar-refractivity contribution is 0.0903. The lowest BCUT2D eigenvalue weighted by Crippen LogP contribution is -2.38. The predicted octanol–water partition coefficient (Wildman–Crippen LogP) is 2.76. The van der Waals surface area contributed by atoms with Gasteiger partial charge in [0, 0.05) is 17.8 Å². The van der Waals surface area contributed by atoms with E-state index in [0.717, 1.165) is 12.8 Å². The number of rotatable bonds is 6. The molecule has 4 nitrogen and oxygen atoms in total. The molecule has 0 atom stereocenters. The monoisotopic (exact) mass is 258 g/mol. The molecule has 1 N–H and O–H groups in total. The summed E-state index contributed by atoms with van der Waals surface area (Å²) in [4.78, 5) is 15.7. The molecular weight excluding hydrogens is 240 g/mol. The van der Waals surface area contributed by atoms with Crippen LogP contribution < -0.4 is 5.32 Å². The van der Waals surface area contributed by atoms with Crippen LogP contribution in [0.2, 0.25) is 0 Å². The summed E-state index contributed by atoms with van der Waals surface area (Å²) in [5, 5.41) is 2.86. The Hall–Kier alpha value is -1.03. The summed E-state index contributed by atoms with van der Waals surface area (Å²) in [5.74, 6) is 0.590. The zero-order valence-electron chi connectivity index (χ0n) is 10.5. The minimum Gasteiger partial charge on any atom is -0.438 e. The standard InChI is InChI=1S/C12H19ClN2O2/c1-4-12(5-2,6-13)7-14-11(16)10-9(3)15-8-17-10/h8H,4-7H2,1-3H3,(H,14,16). The number of nitrogens with one attached hydrogen (secondary N) is 1. The van der Waals surface area contributed by atoms with Gasteiger partial charge in [-0.15, -0.1) is 11.6 Å². The molecule has 0 radical (unpaired) electrons. The van der Waals surface area contributed by atoms with E-state index in [4.69, 9.17) is 16.0 Å². The van der Waals surface area contributed by atoms with Crippen LogP contribution >= 0.6 is 11.6 Å². The van der Waals surface area contributed by atoms with Crippen molar-refractivity contribution in [2.75, 3.05) is 12.4 Å². The van der Waals surface area contributed by atoms with Crippen molar-refractivity contribution in [3.05, 3.63) is 17.8 Å². The Labute approximate surface area is 107 Å². The Morgan fingerprint density at radius 3 is 2.59 bits per heavy atom. The third kappa shape index (κ3) is 3.22. The number of nitrogens with zero attached hydrogens (tertiary/aromatic N) is 1. The fourth-order valence-corrected chi connectivity index (χ4v) is 2.08. The molecule has 0 spiro atoms. The third-order valence-corrected chi connectivity index (χ3v) is 3.93. The second kappa shape index (κ2) is 6.05. The molecule has 1 rings (SSSR count). The van der Waals surface area contributed by atoms with E-state index in [0.29, 0.717) is 18.1 Å². The number of aromatic nitrogens is 1. The summed E-state index contributed by atoms with van der Waals surface area (Å²) < 4.78 is 5.04. The molecular formula is C12H19ClN2O2. The molecule has 0 fully saturated rings. The summed E-state index contributed by atoms with van der Waals surface area (Å²) in [7, 11) is 0. The predicted molar refractivity (Wildman–Crippen MR) is 67.3 cm³/mol. The SMILES string of the molecule is CCC(CC)(CCl)CNC(=O)c1ocnc1C. The van der Waals surface area contributed by atoms with Crippen LogP contribution in [-0.2, 0) is 0 Å². The quantitative estimate of drug-likeness (QED) is 0.799. The Bertz CT molecular complexity index is 364. The Morgan fingerprint density at radius 2 is 2.18 bits per heavy atom. The van der Waals surface area contributed by atoms with Gasteiger partial charge in [0.25, 0.3) is 5.91 Å². The van der Waals surface area contributed by atoms with Gasteiger partial charge >= 0.3 is 0 Å². The maximum absolute atomic E-state index is 11.8. The fraction of sp³-hybridized carbons (Fsp3) is 0.667. The van der Waals surface area contributed by atoms with Crippen molar-refractivity contribution < 1.29 is 9.21 Å². The maximum atomic E-state index is 11.8. The van der Waals surface area contributed by atoms with Crippen molar-refractivity contribution in [3.8, 4) is 0 Å². The minimum absolute atomic E-state index is 0.0366. The van der Waals surface area contributed by atoms with Gasteiger partial charge in [-0.25, -0.2) is 4.98 Å². The van der Waals surface area contributed by atoms with E-state index in [2.05, 4.69) is 24.1 Å². The molecule has 0 aromatic carbocycles. The Balaban J connectivity index is 2.62. The molecule has 0 saturated carbocycles. The van der Waals surface area contributed by atoms with Gasteiger partial charge in [0.2, 0.25) is 5.76 Å². The maximum Gasteiger partial charge on any atom is 0.289 e. The highest BCUT2D eigenvalue weighted by atomic mass is 35.5. The van der Waals surface area contributed by atoms with E-state index in [1.807, 2.05) is 0 Å². The van der Waals surface area contributed by atoms with E-state index < -0.39 is 0 Å². The average molecular weight is 259 g/mol. The molecule has 96 valence electrons. The second-order valence-corrected chi connectivity index (χ2v) is 4.56. The van der Waals surface area contributed by atoms with Crippen LogP contribution in [0.5, 0.6) is 0 Å². The fourth-order valence-electron chi connectivity index (χ4n) is 1.60. The van der Waals surface area contributed by atoms with Gasteiger partial charge in [-0.2, -0.15) is 0 Å². The zero-order valence-corrected chi connectivity index (χ0v) is 11.3. The van der Waals surface area contributed by atoms with Gasteiger partial charge in [0.15, 0.2) is 6.39 Å². The highest BCUT2D eigenvalue weighted by Crippen LogP contribution is 2.27. The normalized spacial score (nSPS) is 11.5. The van der Waals surface area contributed by atoms with Crippen LogP contribution in [0.1, 0.15) is 42.9 Å². The van der Waals surface area contributed by atoms with Crippen LogP contribution in [0.25, 0.3) is 0 Å². The molecule has 5 heteroatoms. The van der Waals surface area contributed by atoms with Gasteiger partial charge in [-0.1, -0.05) is 13.8 Å². The Morgan fingerprint density at radius 1 is 1.53 bits per heavy atom. The van der Waals surface area contributed by atoms with Gasteiger partial charge in [0.1, 0.15) is 0 Å². The number of halogens is 1. The lowest BCUT2D eigenvalue weighted by Gasteiger charge is -2.29. The van der Waals surface area contributed by atoms with Crippen molar-refractivity contribution in [1.29, 1.82) is 0 Å². The highest BCUT2D eigenvalue weighted by Gasteiger charge is 2.26. The first kappa shape index (κ1) is 14.0. The lowest BCUT2D eigenvalue weighted by atomic mass is 9.84. The smallest absolute Gasteiger partial charge is 0.289 e. The molecule has 1 amide bonds. The van der Waals surface area contributed by atoms with E-state index >= 15 is 0 Å². The number of oxazole rings is 1. The first-order chi connectivity index (χ1) is 8.08. The van der Waals surface area contributed by atoms with Crippen molar-refractivity contribution in [3.63, 3.8) is 0 Å². The Kier molecular flexibility index (Phi) is 5.00. The van der Waals surface area contributed by atoms with E-state index in [-0.39, 0.29) is 17.1 Å².